The standard InChI is InChI=1S/C21H26F2N4O3S/c1-16(19-4-2-17(22)14-20(19)23)25-6-8-26(9-7-25)21-5-3-18(15-24-21)31(28,29)27-10-12-30-13-11-27/h2-5,14-16H,6-13H2,1H3. The first-order valence-electron chi connectivity index (χ1n) is 10.3. The van der Waals surface area contributed by atoms with Crippen LogP contribution in [0.1, 0.15) is 18.5 Å². The van der Waals surface area contributed by atoms with Crippen LogP contribution in [0.2, 0.25) is 0 Å². The molecule has 0 bridgehead atoms. The van der Waals surface area contributed by atoms with E-state index in [4.69, 9.17) is 4.74 Å². The SMILES string of the molecule is CC(c1ccc(F)cc1F)N1CCN(c2ccc(S(=O)(=O)N3CCOCC3)cn2)CC1. The van der Waals surface area contributed by atoms with Gasteiger partial charge in [-0.1, -0.05) is 6.07 Å². The number of pyridine rings is 1. The minimum atomic E-state index is -3.57. The van der Waals surface area contributed by atoms with Crippen molar-refractivity contribution in [3.8, 4) is 0 Å². The summed E-state index contributed by atoms with van der Waals surface area (Å²) in [6.07, 6.45) is 1.41. The third-order valence-electron chi connectivity index (χ3n) is 5.93. The number of morpholine rings is 1. The van der Waals surface area contributed by atoms with E-state index in [2.05, 4.69) is 14.8 Å². The number of halogens is 2. The summed E-state index contributed by atoms with van der Waals surface area (Å²) in [7, 11) is -3.57. The minimum Gasteiger partial charge on any atom is -0.379 e. The molecule has 2 fully saturated rings. The summed E-state index contributed by atoms with van der Waals surface area (Å²) in [6.45, 7) is 6.13. The number of piperazine rings is 1. The Morgan fingerprint density at radius 3 is 2.32 bits per heavy atom. The topological polar surface area (TPSA) is 66.0 Å². The van der Waals surface area contributed by atoms with Crippen molar-refractivity contribution in [2.45, 2.75) is 17.9 Å². The quantitative estimate of drug-likeness (QED) is 0.694. The largest absolute Gasteiger partial charge is 0.379 e. The zero-order chi connectivity index (χ0) is 22.0. The van der Waals surface area contributed by atoms with E-state index >= 15 is 0 Å². The molecule has 1 unspecified atom stereocenters. The van der Waals surface area contributed by atoms with Crippen molar-refractivity contribution < 1.29 is 21.9 Å². The number of nitrogens with zero attached hydrogens (tertiary/aromatic N) is 4. The molecule has 1 atom stereocenters. The van der Waals surface area contributed by atoms with Gasteiger partial charge in [0, 0.05) is 63.1 Å². The van der Waals surface area contributed by atoms with E-state index in [0.717, 1.165) is 6.07 Å². The predicted octanol–water partition coefficient (Wildman–Crippen LogP) is 2.26. The van der Waals surface area contributed by atoms with Crippen molar-refractivity contribution in [2.24, 2.45) is 0 Å². The molecule has 7 nitrogen and oxygen atoms in total. The van der Waals surface area contributed by atoms with Crippen molar-refractivity contribution in [1.29, 1.82) is 0 Å². The van der Waals surface area contributed by atoms with E-state index < -0.39 is 21.7 Å². The molecule has 1 aromatic carbocycles. The zero-order valence-corrected chi connectivity index (χ0v) is 18.2. The lowest BCUT2D eigenvalue weighted by Gasteiger charge is -2.38. The molecule has 10 heteroatoms. The van der Waals surface area contributed by atoms with Gasteiger partial charge in [0.25, 0.3) is 0 Å². The molecule has 2 aromatic rings. The Morgan fingerprint density at radius 2 is 1.71 bits per heavy atom. The lowest BCUT2D eigenvalue weighted by atomic mass is 10.1. The number of anilines is 1. The maximum absolute atomic E-state index is 14.1. The first-order valence-corrected chi connectivity index (χ1v) is 11.8. The van der Waals surface area contributed by atoms with Crippen LogP contribution in [0.5, 0.6) is 0 Å². The maximum atomic E-state index is 14.1. The lowest BCUT2D eigenvalue weighted by molar-refractivity contribution is 0.0730. The van der Waals surface area contributed by atoms with Crippen LogP contribution in [0.3, 0.4) is 0 Å². The summed E-state index contributed by atoms with van der Waals surface area (Å²) in [5.74, 6) is -0.404. The van der Waals surface area contributed by atoms with Crippen LogP contribution in [0.4, 0.5) is 14.6 Å². The molecule has 168 valence electrons. The molecular formula is C21H26F2N4O3S. The Labute approximate surface area is 181 Å². The molecule has 2 saturated heterocycles. The highest BCUT2D eigenvalue weighted by Crippen LogP contribution is 2.26. The monoisotopic (exact) mass is 452 g/mol. The molecule has 0 aliphatic carbocycles. The number of rotatable bonds is 5. The van der Waals surface area contributed by atoms with Gasteiger partial charge in [-0.15, -0.1) is 0 Å². The van der Waals surface area contributed by atoms with Gasteiger partial charge >= 0.3 is 0 Å². The third-order valence-corrected chi connectivity index (χ3v) is 7.81. The summed E-state index contributed by atoms with van der Waals surface area (Å²) >= 11 is 0. The van der Waals surface area contributed by atoms with Gasteiger partial charge in [-0.25, -0.2) is 22.2 Å². The average molecular weight is 453 g/mol. The second kappa shape index (κ2) is 9.15. The molecule has 1 aromatic heterocycles. The van der Waals surface area contributed by atoms with E-state index in [1.807, 2.05) is 6.92 Å². The van der Waals surface area contributed by atoms with Gasteiger partial charge in [-0.3, -0.25) is 4.90 Å². The van der Waals surface area contributed by atoms with Gasteiger partial charge in [0.1, 0.15) is 22.3 Å². The molecule has 0 saturated carbocycles. The number of sulfonamides is 1. The fourth-order valence-corrected chi connectivity index (χ4v) is 5.38. The summed E-state index contributed by atoms with van der Waals surface area (Å²) in [5.41, 5.74) is 0.477. The van der Waals surface area contributed by atoms with Crippen molar-refractivity contribution >= 4 is 15.8 Å². The average Bonchev–Trinajstić information content (AvgIpc) is 2.79. The molecular weight excluding hydrogens is 426 g/mol. The predicted molar refractivity (Wildman–Crippen MR) is 112 cm³/mol. The van der Waals surface area contributed by atoms with Crippen molar-refractivity contribution in [3.63, 3.8) is 0 Å². The van der Waals surface area contributed by atoms with Crippen LogP contribution in [0.25, 0.3) is 0 Å². The van der Waals surface area contributed by atoms with Gasteiger partial charge in [0.2, 0.25) is 10.0 Å². The van der Waals surface area contributed by atoms with Gasteiger partial charge in [-0.05, 0) is 25.1 Å². The molecule has 0 spiro atoms. The second-order valence-corrected chi connectivity index (χ2v) is 9.67. The van der Waals surface area contributed by atoms with E-state index in [1.165, 1.54) is 22.6 Å². The highest BCUT2D eigenvalue weighted by Gasteiger charge is 2.28. The Bertz CT molecular complexity index is 1010. The molecule has 3 heterocycles. The Morgan fingerprint density at radius 1 is 1.00 bits per heavy atom. The molecule has 0 radical (unpaired) electrons. The van der Waals surface area contributed by atoms with Crippen LogP contribution in [0, 0.1) is 11.6 Å². The molecule has 2 aliphatic rings. The lowest BCUT2D eigenvalue weighted by Crippen LogP contribution is -2.47. The Kier molecular flexibility index (Phi) is 6.52. The first kappa shape index (κ1) is 22.1. The highest BCUT2D eigenvalue weighted by atomic mass is 32.2. The fraction of sp³-hybridized carbons (Fsp3) is 0.476. The smallest absolute Gasteiger partial charge is 0.244 e. The number of aromatic nitrogens is 1. The van der Waals surface area contributed by atoms with Crippen LogP contribution in [-0.2, 0) is 14.8 Å². The van der Waals surface area contributed by atoms with Crippen molar-refractivity contribution in [1.82, 2.24) is 14.2 Å². The molecule has 0 amide bonds. The Hall–Kier alpha value is -2.14. The third kappa shape index (κ3) is 4.72. The number of benzene rings is 1. The van der Waals surface area contributed by atoms with E-state index in [9.17, 15) is 17.2 Å². The Balaban J connectivity index is 1.38. The van der Waals surface area contributed by atoms with Crippen LogP contribution in [0.15, 0.2) is 41.4 Å². The summed E-state index contributed by atoms with van der Waals surface area (Å²) in [5, 5.41) is 0. The van der Waals surface area contributed by atoms with Crippen LogP contribution in [-0.4, -0.2) is 75.1 Å². The first-order chi connectivity index (χ1) is 14.9. The number of ether oxygens (including phenoxy) is 1. The highest BCUT2D eigenvalue weighted by molar-refractivity contribution is 7.89. The molecule has 4 rings (SSSR count). The minimum absolute atomic E-state index is 0.170. The second-order valence-electron chi connectivity index (χ2n) is 7.73. The summed E-state index contributed by atoms with van der Waals surface area (Å²) in [4.78, 5) is 8.78. The summed E-state index contributed by atoms with van der Waals surface area (Å²) < 4.78 is 59.4. The van der Waals surface area contributed by atoms with E-state index in [-0.39, 0.29) is 10.9 Å². The van der Waals surface area contributed by atoms with Gasteiger partial charge in [-0.2, -0.15) is 4.31 Å². The van der Waals surface area contributed by atoms with Crippen molar-refractivity contribution in [2.75, 3.05) is 57.4 Å². The van der Waals surface area contributed by atoms with Gasteiger partial charge in [0.05, 0.1) is 13.2 Å². The van der Waals surface area contributed by atoms with Gasteiger partial charge in [0.15, 0.2) is 0 Å². The molecule has 2 aliphatic heterocycles. The molecule has 31 heavy (non-hydrogen) atoms. The van der Waals surface area contributed by atoms with Crippen LogP contribution >= 0.6 is 0 Å². The van der Waals surface area contributed by atoms with Crippen molar-refractivity contribution in [3.05, 3.63) is 53.7 Å². The fourth-order valence-electron chi connectivity index (χ4n) is 4.02. The summed E-state index contributed by atoms with van der Waals surface area (Å²) in [6, 6.07) is 6.84. The zero-order valence-electron chi connectivity index (χ0n) is 17.4. The van der Waals surface area contributed by atoms with Gasteiger partial charge < -0.3 is 9.64 Å². The normalized spacial score (nSPS) is 20.0. The number of hydrogen-bond acceptors (Lipinski definition) is 6. The maximum Gasteiger partial charge on any atom is 0.244 e. The van der Waals surface area contributed by atoms with E-state index in [0.29, 0.717) is 63.9 Å². The number of hydrogen-bond donors (Lipinski definition) is 0. The van der Waals surface area contributed by atoms with Crippen LogP contribution < -0.4 is 4.90 Å². The van der Waals surface area contributed by atoms with E-state index in [1.54, 1.807) is 12.1 Å². The molecule has 0 N–H and O–H groups in total.